The molecule has 0 aromatic heterocycles. The molecule has 0 spiro atoms. The molecule has 2 aromatic carbocycles. The van der Waals surface area contributed by atoms with Crippen molar-refractivity contribution in [2.24, 2.45) is 4.99 Å². The summed E-state index contributed by atoms with van der Waals surface area (Å²) in [4.78, 5) is 30.1. The number of esters is 1. The standard InChI is InChI=1S/C22H17ClF2N2O5/c1-30-17-11-12(9-15(23)19(17)31-22(24)25)10-16-21(29)32-20(26-16)13-4-6-14(7-5-13)27-8-2-3-18(27)28/h4-7,9-11,22H,2-3,8H2,1H3/b16-10-. The van der Waals surface area contributed by atoms with E-state index in [1.54, 1.807) is 29.2 Å². The molecule has 1 fully saturated rings. The summed E-state index contributed by atoms with van der Waals surface area (Å²) in [5.74, 6) is -0.821. The van der Waals surface area contributed by atoms with Gasteiger partial charge in [0, 0.05) is 24.2 Å². The fourth-order valence-electron chi connectivity index (χ4n) is 3.42. The molecule has 2 aliphatic rings. The first-order chi connectivity index (χ1) is 15.4. The van der Waals surface area contributed by atoms with Gasteiger partial charge in [-0.05, 0) is 54.5 Å². The summed E-state index contributed by atoms with van der Waals surface area (Å²) in [5, 5.41) is -0.112. The number of cyclic esters (lactones) is 1. The number of aliphatic imine (C=N–C) groups is 1. The highest BCUT2D eigenvalue weighted by Gasteiger charge is 2.26. The molecule has 7 nitrogen and oxygen atoms in total. The molecule has 0 N–H and O–H groups in total. The quantitative estimate of drug-likeness (QED) is 0.469. The molecule has 2 aromatic rings. The highest BCUT2D eigenvalue weighted by molar-refractivity contribution is 6.32. The van der Waals surface area contributed by atoms with Crippen LogP contribution in [0.1, 0.15) is 24.0 Å². The van der Waals surface area contributed by atoms with Gasteiger partial charge in [-0.1, -0.05) is 11.6 Å². The van der Waals surface area contributed by atoms with Gasteiger partial charge in [-0.2, -0.15) is 8.78 Å². The van der Waals surface area contributed by atoms with Crippen molar-refractivity contribution in [3.8, 4) is 11.5 Å². The van der Waals surface area contributed by atoms with Crippen LogP contribution in [0.15, 0.2) is 47.1 Å². The maximum Gasteiger partial charge on any atom is 0.387 e. The van der Waals surface area contributed by atoms with Crippen LogP contribution in [0.3, 0.4) is 0 Å². The van der Waals surface area contributed by atoms with Gasteiger partial charge >= 0.3 is 12.6 Å². The van der Waals surface area contributed by atoms with Crippen LogP contribution in [0.2, 0.25) is 5.02 Å². The van der Waals surface area contributed by atoms with Crippen LogP contribution >= 0.6 is 11.6 Å². The smallest absolute Gasteiger partial charge is 0.387 e. The van der Waals surface area contributed by atoms with Crippen LogP contribution in [0, 0.1) is 0 Å². The molecular weight excluding hydrogens is 446 g/mol. The number of ether oxygens (including phenoxy) is 3. The van der Waals surface area contributed by atoms with E-state index >= 15 is 0 Å². The van der Waals surface area contributed by atoms with Gasteiger partial charge in [0.25, 0.3) is 0 Å². The summed E-state index contributed by atoms with van der Waals surface area (Å²) in [7, 11) is 1.28. The third-order valence-corrected chi connectivity index (χ3v) is 5.16. The second-order valence-electron chi connectivity index (χ2n) is 6.94. The van der Waals surface area contributed by atoms with Crippen LogP contribution in [0.5, 0.6) is 11.5 Å². The Labute approximate surface area is 186 Å². The number of anilines is 1. The number of benzene rings is 2. The summed E-state index contributed by atoms with van der Waals surface area (Å²) < 4.78 is 39.9. The minimum absolute atomic E-state index is 0.000514. The number of rotatable bonds is 6. The Morgan fingerprint density at radius 2 is 1.97 bits per heavy atom. The summed E-state index contributed by atoms with van der Waals surface area (Å²) in [6.45, 7) is -2.40. The Morgan fingerprint density at radius 3 is 2.59 bits per heavy atom. The Balaban J connectivity index is 1.59. The molecule has 1 saturated heterocycles. The van der Waals surface area contributed by atoms with Crippen molar-refractivity contribution in [3.63, 3.8) is 0 Å². The summed E-state index contributed by atoms with van der Waals surface area (Å²) in [5.41, 5.74) is 1.71. The average Bonchev–Trinajstić information content (AvgIpc) is 3.35. The van der Waals surface area contributed by atoms with Gasteiger partial charge in [0.1, 0.15) is 0 Å². The topological polar surface area (TPSA) is 77.4 Å². The number of halogens is 3. The molecule has 0 saturated carbocycles. The fourth-order valence-corrected chi connectivity index (χ4v) is 3.69. The number of amides is 1. The maximum atomic E-state index is 12.6. The average molecular weight is 463 g/mol. The first-order valence-electron chi connectivity index (χ1n) is 9.61. The molecule has 2 heterocycles. The molecule has 10 heteroatoms. The largest absolute Gasteiger partial charge is 0.493 e. The number of hydrogen-bond donors (Lipinski definition) is 0. The Kier molecular flexibility index (Phi) is 6.09. The molecule has 4 rings (SSSR count). The van der Waals surface area contributed by atoms with E-state index in [0.717, 1.165) is 12.1 Å². The molecule has 1 amide bonds. The van der Waals surface area contributed by atoms with Crippen molar-refractivity contribution >= 4 is 41.1 Å². The fraction of sp³-hybridized carbons (Fsp3) is 0.227. The van der Waals surface area contributed by atoms with E-state index in [1.807, 2.05) is 0 Å². The van der Waals surface area contributed by atoms with Gasteiger partial charge < -0.3 is 19.1 Å². The number of nitrogens with zero attached hydrogens (tertiary/aromatic N) is 2. The van der Waals surface area contributed by atoms with Crippen molar-refractivity contribution in [1.29, 1.82) is 0 Å². The van der Waals surface area contributed by atoms with E-state index in [-0.39, 0.29) is 34.0 Å². The lowest BCUT2D eigenvalue weighted by molar-refractivity contribution is -0.130. The lowest BCUT2D eigenvalue weighted by atomic mass is 10.1. The third-order valence-electron chi connectivity index (χ3n) is 4.88. The Morgan fingerprint density at radius 1 is 1.22 bits per heavy atom. The monoisotopic (exact) mass is 462 g/mol. The Bertz CT molecular complexity index is 1130. The van der Waals surface area contributed by atoms with E-state index in [1.165, 1.54) is 25.3 Å². The van der Waals surface area contributed by atoms with E-state index in [9.17, 15) is 18.4 Å². The number of methoxy groups -OCH3 is 1. The third kappa shape index (κ3) is 4.43. The van der Waals surface area contributed by atoms with Crippen LogP contribution in [-0.2, 0) is 14.3 Å². The van der Waals surface area contributed by atoms with Crippen molar-refractivity contribution in [3.05, 3.63) is 58.2 Å². The highest BCUT2D eigenvalue weighted by atomic mass is 35.5. The van der Waals surface area contributed by atoms with Gasteiger partial charge in [0.15, 0.2) is 17.2 Å². The van der Waals surface area contributed by atoms with E-state index < -0.39 is 12.6 Å². The SMILES string of the molecule is COc1cc(/C=C2\N=C(c3ccc(N4CCCC4=O)cc3)OC2=O)cc(Cl)c1OC(F)F. The second-order valence-corrected chi connectivity index (χ2v) is 7.35. The first kappa shape index (κ1) is 21.8. The van der Waals surface area contributed by atoms with Crippen LogP contribution in [0.4, 0.5) is 14.5 Å². The van der Waals surface area contributed by atoms with Crippen molar-refractivity contribution in [2.45, 2.75) is 19.5 Å². The molecule has 32 heavy (non-hydrogen) atoms. The van der Waals surface area contributed by atoms with Crippen LogP contribution in [0.25, 0.3) is 6.08 Å². The lowest BCUT2D eigenvalue weighted by Gasteiger charge is -2.15. The second kappa shape index (κ2) is 8.96. The molecule has 2 aliphatic heterocycles. The maximum absolute atomic E-state index is 12.6. The highest BCUT2D eigenvalue weighted by Crippen LogP contribution is 2.38. The summed E-state index contributed by atoms with van der Waals surface area (Å²) >= 11 is 6.04. The van der Waals surface area contributed by atoms with Gasteiger partial charge in [0.2, 0.25) is 11.8 Å². The van der Waals surface area contributed by atoms with Crippen LogP contribution < -0.4 is 14.4 Å². The summed E-state index contributed by atoms with van der Waals surface area (Å²) in [6, 6.07) is 9.70. The number of alkyl halides is 2. The molecular formula is C22H17ClF2N2O5. The van der Waals surface area contributed by atoms with Crippen molar-refractivity contribution in [1.82, 2.24) is 0 Å². The zero-order valence-electron chi connectivity index (χ0n) is 16.8. The van der Waals surface area contributed by atoms with E-state index in [0.29, 0.717) is 24.1 Å². The number of carbonyl (C=O) groups is 2. The molecule has 166 valence electrons. The predicted octanol–water partition coefficient (Wildman–Crippen LogP) is 4.42. The van der Waals surface area contributed by atoms with Crippen molar-refractivity contribution < 1.29 is 32.6 Å². The summed E-state index contributed by atoms with van der Waals surface area (Å²) in [6.07, 6.45) is 2.75. The van der Waals surface area contributed by atoms with E-state index in [2.05, 4.69) is 9.73 Å². The predicted molar refractivity (Wildman–Crippen MR) is 113 cm³/mol. The zero-order valence-corrected chi connectivity index (χ0v) is 17.6. The van der Waals surface area contributed by atoms with Gasteiger partial charge in [0.05, 0.1) is 12.1 Å². The Hall–Kier alpha value is -3.46. The van der Waals surface area contributed by atoms with Gasteiger partial charge in [-0.25, -0.2) is 9.79 Å². The minimum Gasteiger partial charge on any atom is -0.493 e. The molecule has 0 unspecified atom stereocenters. The molecule has 0 aliphatic carbocycles. The van der Waals surface area contributed by atoms with Gasteiger partial charge in [-0.3, -0.25) is 4.79 Å². The van der Waals surface area contributed by atoms with Gasteiger partial charge in [-0.15, -0.1) is 0 Å². The molecule has 0 bridgehead atoms. The molecule has 0 atom stereocenters. The van der Waals surface area contributed by atoms with Crippen LogP contribution in [-0.4, -0.2) is 38.0 Å². The first-order valence-corrected chi connectivity index (χ1v) is 9.99. The number of hydrogen-bond acceptors (Lipinski definition) is 6. The zero-order chi connectivity index (χ0) is 22.8. The van der Waals surface area contributed by atoms with E-state index in [4.69, 9.17) is 21.1 Å². The van der Waals surface area contributed by atoms with Crippen molar-refractivity contribution in [2.75, 3.05) is 18.6 Å². The lowest BCUT2D eigenvalue weighted by Crippen LogP contribution is -2.23. The number of carbonyl (C=O) groups excluding carboxylic acids is 2. The minimum atomic E-state index is -3.07. The normalized spacial score (nSPS) is 17.2. The molecule has 0 radical (unpaired) electrons.